The van der Waals surface area contributed by atoms with E-state index in [1.165, 1.54) is 12.4 Å². The Kier molecular flexibility index (Phi) is 5.48. The van der Waals surface area contributed by atoms with Crippen LogP contribution in [0, 0.1) is 24.6 Å². The van der Waals surface area contributed by atoms with Crippen molar-refractivity contribution < 1.29 is 31.9 Å². The molecule has 35 heavy (non-hydrogen) atoms. The third-order valence-electron chi connectivity index (χ3n) is 7.28. The van der Waals surface area contributed by atoms with Gasteiger partial charge in [0.1, 0.15) is 5.82 Å². The van der Waals surface area contributed by atoms with Crippen LogP contribution in [0.2, 0.25) is 0 Å². The van der Waals surface area contributed by atoms with Crippen molar-refractivity contribution in [2.24, 2.45) is 11.8 Å². The largest absolute Gasteiger partial charge is 0.416 e. The number of ether oxygens (including phenoxy) is 1. The number of nitrogens with one attached hydrogen (secondary N) is 2. The second kappa shape index (κ2) is 8.17. The van der Waals surface area contributed by atoms with Crippen molar-refractivity contribution in [3.05, 3.63) is 53.2 Å². The molecule has 2 aromatic rings. The van der Waals surface area contributed by atoms with E-state index in [1.807, 2.05) is 0 Å². The van der Waals surface area contributed by atoms with E-state index in [1.54, 1.807) is 6.92 Å². The molecule has 0 saturated heterocycles. The molecule has 186 valence electrons. The fourth-order valence-corrected chi connectivity index (χ4v) is 6.57. The standard InChI is InChI=1S/C24H24F4N4O3/c1-13-10-29-11-19(30-13)35-21(34)32-23-8-14-4-15(9-23)7-22(6-14,12-23)31-20(33)17-5-16(24(26,27)28)2-3-18(17)25/h2-3,5,10-11,14-15H,4,6-9,12H2,1H3,(H,31,33)(H,32,34). The monoisotopic (exact) mass is 492 g/mol. The minimum absolute atomic E-state index is 0.0651. The molecule has 1 aromatic carbocycles. The second-order valence-corrected chi connectivity index (χ2v) is 10.2. The van der Waals surface area contributed by atoms with Gasteiger partial charge in [0.05, 0.1) is 23.0 Å². The van der Waals surface area contributed by atoms with Crippen LogP contribution >= 0.6 is 0 Å². The van der Waals surface area contributed by atoms with Gasteiger partial charge >= 0.3 is 12.3 Å². The van der Waals surface area contributed by atoms with Gasteiger partial charge in [-0.2, -0.15) is 13.2 Å². The van der Waals surface area contributed by atoms with Crippen molar-refractivity contribution in [3.8, 4) is 5.88 Å². The van der Waals surface area contributed by atoms with Gasteiger partial charge in [0.2, 0.25) is 5.88 Å². The predicted octanol–water partition coefficient (Wildman–Crippen LogP) is 4.55. The number of alkyl halides is 3. The van der Waals surface area contributed by atoms with Crippen LogP contribution in [-0.4, -0.2) is 33.0 Å². The number of amides is 2. The number of hydrogen-bond donors (Lipinski definition) is 2. The molecule has 2 N–H and O–H groups in total. The lowest BCUT2D eigenvalue weighted by Crippen LogP contribution is -2.70. The molecular formula is C24H24F4N4O3. The zero-order valence-corrected chi connectivity index (χ0v) is 18.9. The van der Waals surface area contributed by atoms with Crippen LogP contribution in [0.25, 0.3) is 0 Å². The molecule has 0 spiro atoms. The maximum Gasteiger partial charge on any atom is 0.416 e. The second-order valence-electron chi connectivity index (χ2n) is 10.2. The minimum atomic E-state index is -4.70. The molecule has 1 heterocycles. The van der Waals surface area contributed by atoms with Crippen LogP contribution in [0.5, 0.6) is 5.88 Å². The highest BCUT2D eigenvalue weighted by atomic mass is 19.4. The first-order valence-corrected chi connectivity index (χ1v) is 11.4. The summed E-state index contributed by atoms with van der Waals surface area (Å²) in [6.45, 7) is 1.72. The fourth-order valence-electron chi connectivity index (χ4n) is 6.57. The SMILES string of the molecule is Cc1cncc(OC(=O)NC23CC4CC(C2)CC(NC(=O)c2cc(C(F)(F)F)ccc2F)(C4)C3)n1. The number of aromatic nitrogens is 2. The van der Waals surface area contributed by atoms with Crippen LogP contribution < -0.4 is 15.4 Å². The maximum atomic E-state index is 14.3. The van der Waals surface area contributed by atoms with E-state index < -0.39 is 46.2 Å². The van der Waals surface area contributed by atoms with Gasteiger partial charge in [-0.3, -0.25) is 9.78 Å². The normalized spacial score (nSPS) is 29.1. The topological polar surface area (TPSA) is 93.2 Å². The first-order chi connectivity index (χ1) is 16.4. The summed E-state index contributed by atoms with van der Waals surface area (Å²) in [7, 11) is 0. The zero-order chi connectivity index (χ0) is 25.0. The Hall–Kier alpha value is -3.24. The number of rotatable bonds is 4. The van der Waals surface area contributed by atoms with E-state index in [0.717, 1.165) is 6.42 Å². The highest BCUT2D eigenvalue weighted by Gasteiger charge is 2.59. The first kappa shape index (κ1) is 23.5. The van der Waals surface area contributed by atoms with Gasteiger partial charge in [0, 0.05) is 17.3 Å². The van der Waals surface area contributed by atoms with Gasteiger partial charge in [-0.1, -0.05) is 0 Å². The summed E-state index contributed by atoms with van der Waals surface area (Å²) in [6, 6.07) is 1.81. The van der Waals surface area contributed by atoms with Gasteiger partial charge in [0.25, 0.3) is 5.91 Å². The Morgan fingerprint density at radius 1 is 1.06 bits per heavy atom. The van der Waals surface area contributed by atoms with Gasteiger partial charge in [0.15, 0.2) is 0 Å². The number of hydrogen-bond acceptors (Lipinski definition) is 5. The number of nitrogens with zero attached hydrogens (tertiary/aromatic N) is 2. The van der Waals surface area contributed by atoms with Crippen molar-refractivity contribution in [1.82, 2.24) is 20.6 Å². The number of carbonyl (C=O) groups is 2. The number of carbonyl (C=O) groups excluding carboxylic acids is 2. The van der Waals surface area contributed by atoms with Crippen LogP contribution in [0.15, 0.2) is 30.6 Å². The molecular weight excluding hydrogens is 468 g/mol. The molecule has 4 aliphatic rings. The molecule has 2 atom stereocenters. The van der Waals surface area contributed by atoms with E-state index in [2.05, 4.69) is 20.6 Å². The molecule has 1 aromatic heterocycles. The summed E-state index contributed by atoms with van der Waals surface area (Å²) in [4.78, 5) is 33.7. The Bertz CT molecular complexity index is 1170. The van der Waals surface area contributed by atoms with Crippen LogP contribution in [0.1, 0.15) is 60.1 Å². The Balaban J connectivity index is 1.35. The highest BCUT2D eigenvalue weighted by molar-refractivity contribution is 5.95. The third kappa shape index (κ3) is 4.68. The Labute approximate surface area is 198 Å². The molecule has 0 radical (unpaired) electrons. The average Bonchev–Trinajstić information content (AvgIpc) is 2.71. The predicted molar refractivity (Wildman–Crippen MR) is 115 cm³/mol. The summed E-state index contributed by atoms with van der Waals surface area (Å²) in [5, 5.41) is 5.82. The Morgan fingerprint density at radius 2 is 1.71 bits per heavy atom. The van der Waals surface area contributed by atoms with Gasteiger partial charge < -0.3 is 15.4 Å². The van der Waals surface area contributed by atoms with Gasteiger partial charge in [-0.25, -0.2) is 14.2 Å². The third-order valence-corrected chi connectivity index (χ3v) is 7.28. The fraction of sp³-hybridized carbons (Fsp3) is 0.500. The van der Waals surface area contributed by atoms with Crippen molar-refractivity contribution in [3.63, 3.8) is 0 Å². The van der Waals surface area contributed by atoms with Crippen LogP contribution in [-0.2, 0) is 6.18 Å². The van der Waals surface area contributed by atoms with Crippen LogP contribution in [0.3, 0.4) is 0 Å². The highest BCUT2D eigenvalue weighted by Crippen LogP contribution is 2.57. The number of benzene rings is 1. The summed E-state index contributed by atoms with van der Waals surface area (Å²) in [5.74, 6) is -1.42. The van der Waals surface area contributed by atoms with E-state index in [9.17, 15) is 27.2 Å². The zero-order valence-electron chi connectivity index (χ0n) is 18.9. The summed E-state index contributed by atoms with van der Waals surface area (Å²) < 4.78 is 59.0. The molecule has 4 saturated carbocycles. The lowest BCUT2D eigenvalue weighted by Gasteiger charge is -2.62. The van der Waals surface area contributed by atoms with Gasteiger partial charge in [-0.05, 0) is 75.5 Å². The lowest BCUT2D eigenvalue weighted by atomic mass is 9.50. The van der Waals surface area contributed by atoms with E-state index in [0.29, 0.717) is 56.0 Å². The van der Waals surface area contributed by atoms with Crippen molar-refractivity contribution in [2.45, 2.75) is 62.7 Å². The molecule has 2 unspecified atom stereocenters. The van der Waals surface area contributed by atoms with E-state index in [-0.39, 0.29) is 17.7 Å². The molecule has 4 fully saturated rings. The molecule has 2 amide bonds. The molecule has 6 rings (SSSR count). The average molecular weight is 492 g/mol. The van der Waals surface area contributed by atoms with Gasteiger partial charge in [-0.15, -0.1) is 0 Å². The van der Waals surface area contributed by atoms with Crippen molar-refractivity contribution >= 4 is 12.0 Å². The molecule has 4 aliphatic carbocycles. The van der Waals surface area contributed by atoms with E-state index >= 15 is 0 Å². The lowest BCUT2D eigenvalue weighted by molar-refractivity contribution is -0.137. The number of aryl methyl sites for hydroxylation is 1. The molecule has 11 heteroatoms. The summed E-state index contributed by atoms with van der Waals surface area (Å²) in [5.41, 5.74) is -2.53. The molecule has 0 aliphatic heterocycles. The molecule has 4 bridgehead atoms. The van der Waals surface area contributed by atoms with Crippen molar-refractivity contribution in [2.75, 3.05) is 0 Å². The first-order valence-electron chi connectivity index (χ1n) is 11.4. The number of halogens is 4. The molecule has 7 nitrogen and oxygen atoms in total. The maximum absolute atomic E-state index is 14.3. The summed E-state index contributed by atoms with van der Waals surface area (Å²) >= 11 is 0. The van der Waals surface area contributed by atoms with Crippen LogP contribution in [0.4, 0.5) is 22.4 Å². The smallest absolute Gasteiger partial charge is 0.390 e. The quantitative estimate of drug-likeness (QED) is 0.611. The van der Waals surface area contributed by atoms with Crippen molar-refractivity contribution in [1.29, 1.82) is 0 Å². The summed E-state index contributed by atoms with van der Waals surface area (Å²) in [6.07, 6.45) is 1.46. The Morgan fingerprint density at radius 3 is 2.34 bits per heavy atom. The minimum Gasteiger partial charge on any atom is -0.390 e. The van der Waals surface area contributed by atoms with E-state index in [4.69, 9.17) is 4.74 Å².